The molecule has 101 valence electrons. The third-order valence-electron chi connectivity index (χ3n) is 3.26. The van der Waals surface area contributed by atoms with Gasteiger partial charge in [0.25, 0.3) is 0 Å². The Balaban J connectivity index is 2.97. The van der Waals surface area contributed by atoms with E-state index in [0.717, 1.165) is 6.42 Å². The zero-order valence-electron chi connectivity index (χ0n) is 12.1. The summed E-state index contributed by atoms with van der Waals surface area (Å²) in [5.74, 6) is 0. The van der Waals surface area contributed by atoms with Crippen LogP contribution in [0.15, 0.2) is 12.2 Å². The molecular weight excluding hydrogens is 204 g/mol. The Hall–Kier alpha value is -0.260. The second-order valence-corrected chi connectivity index (χ2v) is 5.08. The topological polar surface area (TPSA) is 0 Å². The van der Waals surface area contributed by atoms with Crippen molar-refractivity contribution in [3.8, 4) is 0 Å². The van der Waals surface area contributed by atoms with E-state index in [1.807, 2.05) is 0 Å². The lowest BCUT2D eigenvalue weighted by atomic mass is 10.1. The summed E-state index contributed by atoms with van der Waals surface area (Å²) in [7, 11) is 0. The van der Waals surface area contributed by atoms with Crippen molar-refractivity contribution in [1.29, 1.82) is 0 Å². The van der Waals surface area contributed by atoms with Gasteiger partial charge < -0.3 is 0 Å². The molecule has 0 spiro atoms. The van der Waals surface area contributed by atoms with Gasteiger partial charge in [-0.1, -0.05) is 83.8 Å². The molecule has 0 heterocycles. The minimum atomic E-state index is 1.11. The van der Waals surface area contributed by atoms with Crippen LogP contribution in [0.4, 0.5) is 0 Å². The van der Waals surface area contributed by atoms with Crippen LogP contribution in [0.5, 0.6) is 0 Å². The molecule has 0 aromatic carbocycles. The Kier molecular flexibility index (Phi) is 15.5. The Bertz CT molecular complexity index is 146. The third-order valence-corrected chi connectivity index (χ3v) is 3.26. The van der Waals surface area contributed by atoms with Crippen LogP contribution in [0.25, 0.3) is 0 Å². The zero-order valence-corrected chi connectivity index (χ0v) is 12.1. The average Bonchev–Trinajstić information content (AvgIpc) is 2.35. The van der Waals surface area contributed by atoms with Crippen LogP contribution in [0.3, 0.4) is 0 Å². The van der Waals surface area contributed by atoms with Gasteiger partial charge in [-0.3, -0.25) is 0 Å². The number of hydrogen-bond donors (Lipinski definition) is 0. The molecule has 0 bridgehead atoms. The van der Waals surface area contributed by atoms with Crippen molar-refractivity contribution in [2.24, 2.45) is 0 Å². The highest BCUT2D eigenvalue weighted by molar-refractivity contribution is 4.81. The van der Waals surface area contributed by atoms with Gasteiger partial charge in [-0.15, -0.1) is 0 Å². The van der Waals surface area contributed by atoms with Crippen LogP contribution in [-0.4, -0.2) is 0 Å². The predicted octanol–water partition coefficient (Wildman–Crippen LogP) is 6.47. The van der Waals surface area contributed by atoms with Crippen molar-refractivity contribution in [3.05, 3.63) is 19.1 Å². The Labute approximate surface area is 110 Å². The molecule has 0 N–H and O–H groups in total. The van der Waals surface area contributed by atoms with Crippen molar-refractivity contribution >= 4 is 0 Å². The predicted molar refractivity (Wildman–Crippen MR) is 80.2 cm³/mol. The monoisotopic (exact) mass is 237 g/mol. The molecule has 0 aromatic heterocycles. The smallest absolute Gasteiger partial charge is 0.0351 e. The fraction of sp³-hybridized carbons (Fsp3) is 0.824. The normalized spacial score (nSPS) is 11.4. The van der Waals surface area contributed by atoms with Gasteiger partial charge >= 0.3 is 0 Å². The first-order chi connectivity index (χ1) is 8.41. The maximum Gasteiger partial charge on any atom is -0.0351 e. The van der Waals surface area contributed by atoms with E-state index in [2.05, 4.69) is 26.0 Å². The molecule has 0 unspecified atom stereocenters. The molecule has 0 aliphatic heterocycles. The summed E-state index contributed by atoms with van der Waals surface area (Å²) in [6, 6.07) is 0. The second-order valence-electron chi connectivity index (χ2n) is 5.08. The zero-order chi connectivity index (χ0) is 12.6. The van der Waals surface area contributed by atoms with Crippen LogP contribution in [0, 0.1) is 6.92 Å². The van der Waals surface area contributed by atoms with Crippen LogP contribution >= 0.6 is 0 Å². The largest absolute Gasteiger partial charge is 0.0885 e. The van der Waals surface area contributed by atoms with Gasteiger partial charge in [0.1, 0.15) is 0 Å². The quantitative estimate of drug-likeness (QED) is 0.254. The highest BCUT2D eigenvalue weighted by Gasteiger charge is 1.90. The van der Waals surface area contributed by atoms with Gasteiger partial charge in [0.2, 0.25) is 0 Å². The molecule has 0 amide bonds. The highest BCUT2D eigenvalue weighted by Crippen LogP contribution is 2.10. The van der Waals surface area contributed by atoms with Crippen LogP contribution in [-0.2, 0) is 0 Å². The van der Waals surface area contributed by atoms with Crippen molar-refractivity contribution in [3.63, 3.8) is 0 Å². The van der Waals surface area contributed by atoms with Crippen molar-refractivity contribution in [1.82, 2.24) is 0 Å². The van der Waals surface area contributed by atoms with E-state index in [1.54, 1.807) is 0 Å². The Morgan fingerprint density at radius 2 is 1.12 bits per heavy atom. The molecule has 0 saturated heterocycles. The fourth-order valence-corrected chi connectivity index (χ4v) is 2.07. The molecule has 0 aliphatic rings. The van der Waals surface area contributed by atoms with Crippen LogP contribution < -0.4 is 0 Å². The molecule has 17 heavy (non-hydrogen) atoms. The minimum absolute atomic E-state index is 1.11. The van der Waals surface area contributed by atoms with E-state index in [1.165, 1.54) is 77.0 Å². The lowest BCUT2D eigenvalue weighted by Gasteiger charge is -1.99. The van der Waals surface area contributed by atoms with Crippen LogP contribution in [0.1, 0.15) is 90.4 Å². The van der Waals surface area contributed by atoms with E-state index in [0.29, 0.717) is 0 Å². The number of rotatable bonds is 13. The Morgan fingerprint density at radius 1 is 0.647 bits per heavy atom. The maximum absolute atomic E-state index is 3.87. The molecule has 1 radical (unpaired) electrons. The molecule has 0 fully saturated rings. The first-order valence-corrected chi connectivity index (χ1v) is 7.86. The standard InChI is InChI=1S/C17H33/c1-3-5-7-9-11-13-15-17-16-14-12-10-8-6-4-2/h12,14H,1,3-11,13,15-17H2,2H3. The van der Waals surface area contributed by atoms with Gasteiger partial charge in [-0.05, 0) is 25.7 Å². The summed E-state index contributed by atoms with van der Waals surface area (Å²) < 4.78 is 0. The summed E-state index contributed by atoms with van der Waals surface area (Å²) >= 11 is 0. The molecule has 0 rings (SSSR count). The van der Waals surface area contributed by atoms with E-state index in [-0.39, 0.29) is 0 Å². The molecule has 0 atom stereocenters. The fourth-order valence-electron chi connectivity index (χ4n) is 2.07. The van der Waals surface area contributed by atoms with Crippen LogP contribution in [0.2, 0.25) is 0 Å². The van der Waals surface area contributed by atoms with Crippen molar-refractivity contribution in [2.75, 3.05) is 0 Å². The number of hydrogen-bond acceptors (Lipinski definition) is 0. The number of unbranched alkanes of at least 4 members (excludes halogenated alkanes) is 11. The van der Waals surface area contributed by atoms with Gasteiger partial charge in [0.05, 0.1) is 0 Å². The van der Waals surface area contributed by atoms with Gasteiger partial charge in [0, 0.05) is 0 Å². The Morgan fingerprint density at radius 3 is 1.65 bits per heavy atom. The molecule has 0 heteroatoms. The molecule has 0 saturated carbocycles. The van der Waals surface area contributed by atoms with Crippen molar-refractivity contribution in [2.45, 2.75) is 90.4 Å². The molecule has 0 aliphatic carbocycles. The average molecular weight is 237 g/mol. The summed E-state index contributed by atoms with van der Waals surface area (Å²) in [5.41, 5.74) is 0. The lowest BCUT2D eigenvalue weighted by molar-refractivity contribution is 0.583. The minimum Gasteiger partial charge on any atom is -0.0885 e. The molecule has 0 nitrogen and oxygen atoms in total. The summed E-state index contributed by atoms with van der Waals surface area (Å²) in [6.07, 6.45) is 22.4. The summed E-state index contributed by atoms with van der Waals surface area (Å²) in [5, 5.41) is 0. The highest BCUT2D eigenvalue weighted by atomic mass is 14.0. The lowest BCUT2D eigenvalue weighted by Crippen LogP contribution is -1.80. The summed E-state index contributed by atoms with van der Waals surface area (Å²) in [4.78, 5) is 0. The molecule has 0 aromatic rings. The maximum atomic E-state index is 3.87. The van der Waals surface area contributed by atoms with E-state index in [4.69, 9.17) is 0 Å². The third kappa shape index (κ3) is 15.7. The molecular formula is C17H33. The second kappa shape index (κ2) is 15.7. The summed E-state index contributed by atoms with van der Waals surface area (Å²) in [6.45, 7) is 6.14. The van der Waals surface area contributed by atoms with E-state index < -0.39 is 0 Å². The van der Waals surface area contributed by atoms with Gasteiger partial charge in [0.15, 0.2) is 0 Å². The SMILES string of the molecule is [CH2]CCCCCCCCCC=CCCCCC. The van der Waals surface area contributed by atoms with E-state index >= 15 is 0 Å². The van der Waals surface area contributed by atoms with E-state index in [9.17, 15) is 0 Å². The van der Waals surface area contributed by atoms with Crippen molar-refractivity contribution < 1.29 is 0 Å². The van der Waals surface area contributed by atoms with Gasteiger partial charge in [-0.25, -0.2) is 0 Å². The van der Waals surface area contributed by atoms with Gasteiger partial charge in [-0.2, -0.15) is 0 Å². The first-order valence-electron chi connectivity index (χ1n) is 7.86. The first kappa shape index (κ1) is 16.7. The number of allylic oxidation sites excluding steroid dienone is 2.